The largest absolute Gasteiger partial charge is 0.472 e. The number of phosphoric ester groups is 1. The van der Waals surface area contributed by atoms with E-state index in [1.165, 1.54) is 334 Å². The molecule has 0 heterocycles. The van der Waals surface area contributed by atoms with E-state index in [4.69, 9.17) is 18.5 Å². The quantitative estimate of drug-likeness (QED) is 0.0211. The van der Waals surface area contributed by atoms with E-state index >= 15 is 0 Å². The average molecular weight is 1340 g/mol. The van der Waals surface area contributed by atoms with Crippen LogP contribution in [0.15, 0.2) is 48.6 Å². The molecule has 0 rings (SSSR count). The van der Waals surface area contributed by atoms with Crippen LogP contribution in [0.2, 0.25) is 0 Å². The smallest absolute Gasteiger partial charge is 0.462 e. The number of carbonyl (C=O) groups excluding carboxylic acids is 2. The maximum absolute atomic E-state index is 12.9. The number of unbranched alkanes of at least 4 members (excludes halogenated alkanes) is 56. The van der Waals surface area contributed by atoms with Crippen LogP contribution in [0.3, 0.4) is 0 Å². The van der Waals surface area contributed by atoms with Crippen molar-refractivity contribution in [2.75, 3.05) is 47.5 Å². The van der Waals surface area contributed by atoms with Crippen molar-refractivity contribution in [1.29, 1.82) is 0 Å². The number of hydrogen-bond donors (Lipinski definition) is 1. The molecule has 0 bridgehead atoms. The number of allylic oxidation sites excluding steroid dienone is 8. The normalized spacial score (nSPS) is 13.2. The van der Waals surface area contributed by atoms with Gasteiger partial charge in [0.1, 0.15) is 19.8 Å². The first-order valence-electron chi connectivity index (χ1n) is 41.4. The van der Waals surface area contributed by atoms with Crippen molar-refractivity contribution >= 4 is 19.8 Å². The maximum Gasteiger partial charge on any atom is 0.472 e. The van der Waals surface area contributed by atoms with Crippen LogP contribution in [0.1, 0.15) is 425 Å². The van der Waals surface area contributed by atoms with Gasteiger partial charge in [-0.25, -0.2) is 4.57 Å². The van der Waals surface area contributed by atoms with Crippen molar-refractivity contribution in [2.24, 2.45) is 0 Å². The number of rotatable bonds is 78. The van der Waals surface area contributed by atoms with Gasteiger partial charge in [0, 0.05) is 12.8 Å². The van der Waals surface area contributed by atoms with Crippen LogP contribution < -0.4 is 0 Å². The molecule has 94 heavy (non-hydrogen) atoms. The molecule has 0 aromatic rings. The lowest BCUT2D eigenvalue weighted by molar-refractivity contribution is -0.870. The van der Waals surface area contributed by atoms with E-state index in [1.807, 2.05) is 21.1 Å². The summed E-state index contributed by atoms with van der Waals surface area (Å²) in [5, 5.41) is 0. The molecular weight excluding hydrogens is 1180 g/mol. The van der Waals surface area contributed by atoms with Crippen LogP contribution in [0.25, 0.3) is 0 Å². The third-order valence-electron chi connectivity index (χ3n) is 18.9. The second-order valence-corrected chi connectivity index (χ2v) is 30.9. The number of phosphoric acid groups is 1. The lowest BCUT2D eigenvalue weighted by atomic mass is 10.0. The number of nitrogens with zero attached hydrogens (tertiary/aromatic N) is 1. The summed E-state index contributed by atoms with van der Waals surface area (Å²) in [6, 6.07) is 0. The zero-order valence-corrected chi connectivity index (χ0v) is 64.4. The monoisotopic (exact) mass is 1340 g/mol. The summed E-state index contributed by atoms with van der Waals surface area (Å²) >= 11 is 0. The lowest BCUT2D eigenvalue weighted by Crippen LogP contribution is -2.37. The van der Waals surface area contributed by atoms with Gasteiger partial charge >= 0.3 is 19.8 Å². The van der Waals surface area contributed by atoms with Crippen LogP contribution in [0, 0.1) is 0 Å². The molecule has 0 aliphatic carbocycles. The molecule has 0 amide bonds. The summed E-state index contributed by atoms with van der Waals surface area (Å²) in [4.78, 5) is 36.0. The second kappa shape index (κ2) is 75.2. The van der Waals surface area contributed by atoms with E-state index in [2.05, 4.69) is 62.5 Å². The van der Waals surface area contributed by atoms with Crippen molar-refractivity contribution in [3.8, 4) is 0 Å². The Morgan fingerprint density at radius 3 is 0.904 bits per heavy atom. The first-order chi connectivity index (χ1) is 46.0. The van der Waals surface area contributed by atoms with Crippen LogP contribution in [-0.4, -0.2) is 74.9 Å². The highest BCUT2D eigenvalue weighted by molar-refractivity contribution is 7.47. The fourth-order valence-electron chi connectivity index (χ4n) is 12.6. The van der Waals surface area contributed by atoms with Crippen LogP contribution >= 0.6 is 7.82 Å². The molecule has 0 aromatic carbocycles. The summed E-state index contributed by atoms with van der Waals surface area (Å²) in [5.74, 6) is -0.769. The van der Waals surface area contributed by atoms with E-state index < -0.39 is 26.5 Å². The number of hydrogen-bond acceptors (Lipinski definition) is 7. The zero-order chi connectivity index (χ0) is 68.3. The SMILES string of the molecule is CC/C=C\C/C=C\C/C=C\C/C=C\CCCCCCCCCCCCCCCCCCCCCCCCCCCCC(=O)OC(COC(=O)CCCCCCCCCCCCCCCCCCCCCCCCCCCCCCCCC)COP(=O)(O)OCC[N+](C)(C)C. The standard InChI is InChI=1S/C84H160NO8P/c1-6-8-10-12-14-16-18-20-22-24-26-28-30-32-34-36-38-39-40-41-42-43-44-45-47-49-51-53-55-57-59-61-63-65-67-69-71-73-75-77-84(87)93-82(81-92-94(88,89)91-79-78-85(3,4)5)80-90-83(86)76-74-72-70-68-66-64-62-60-58-56-54-52-50-48-46-37-35-33-31-29-27-25-23-21-19-17-15-13-11-9-7-2/h8,10,14,16,20,22,26,28,82H,6-7,9,11-13,15,17-19,21,23-25,27,29-81H2,1-5H3/p+1/b10-8-,16-14-,22-20-,28-26-. The highest BCUT2D eigenvalue weighted by Crippen LogP contribution is 2.43. The molecule has 0 saturated heterocycles. The third kappa shape index (κ3) is 79.0. The number of likely N-dealkylation sites (N-methyl/N-ethyl adjacent to an activating group) is 1. The summed E-state index contributed by atoms with van der Waals surface area (Å²) in [6.45, 7) is 4.41. The molecule has 0 saturated carbocycles. The molecule has 0 fully saturated rings. The highest BCUT2D eigenvalue weighted by atomic mass is 31.2. The molecule has 2 atom stereocenters. The summed E-state index contributed by atoms with van der Waals surface area (Å²) in [7, 11) is 1.50. The van der Waals surface area contributed by atoms with Crippen molar-refractivity contribution in [2.45, 2.75) is 431 Å². The van der Waals surface area contributed by atoms with Crippen molar-refractivity contribution in [3.05, 3.63) is 48.6 Å². The Kier molecular flexibility index (Phi) is 73.6. The fraction of sp³-hybridized carbons (Fsp3) is 0.881. The van der Waals surface area contributed by atoms with E-state index in [1.54, 1.807) is 0 Å². The zero-order valence-electron chi connectivity index (χ0n) is 63.5. The van der Waals surface area contributed by atoms with Gasteiger partial charge in [0.25, 0.3) is 0 Å². The van der Waals surface area contributed by atoms with Crippen LogP contribution in [0.5, 0.6) is 0 Å². The molecule has 554 valence electrons. The van der Waals surface area contributed by atoms with E-state index in [0.29, 0.717) is 23.9 Å². The Morgan fingerprint density at radius 1 is 0.340 bits per heavy atom. The first-order valence-corrected chi connectivity index (χ1v) is 42.9. The first kappa shape index (κ1) is 92.0. The molecular formula is C84H161NO8P+. The summed E-state index contributed by atoms with van der Waals surface area (Å²) < 4.78 is 34.9. The Bertz CT molecular complexity index is 1720. The van der Waals surface area contributed by atoms with Gasteiger partial charge in [-0.2, -0.15) is 0 Å². The number of ether oxygens (including phenoxy) is 2. The van der Waals surface area contributed by atoms with Gasteiger partial charge in [0.15, 0.2) is 6.10 Å². The van der Waals surface area contributed by atoms with Crippen LogP contribution in [-0.2, 0) is 32.7 Å². The van der Waals surface area contributed by atoms with E-state index in [0.717, 1.165) is 57.8 Å². The maximum atomic E-state index is 12.9. The second-order valence-electron chi connectivity index (χ2n) is 29.5. The Labute approximate surface area is 585 Å². The number of quaternary nitrogens is 1. The minimum atomic E-state index is -4.39. The number of esters is 2. The summed E-state index contributed by atoms with van der Waals surface area (Å²) in [6.07, 6.45) is 100.0. The minimum absolute atomic E-state index is 0.0356. The average Bonchev–Trinajstić information content (AvgIpc) is 1.56. The van der Waals surface area contributed by atoms with Gasteiger partial charge in [-0.15, -0.1) is 0 Å². The Morgan fingerprint density at radius 2 is 0.606 bits per heavy atom. The molecule has 1 N–H and O–H groups in total. The Balaban J connectivity index is 3.87. The van der Waals surface area contributed by atoms with Gasteiger partial charge in [-0.1, -0.05) is 409 Å². The van der Waals surface area contributed by atoms with Crippen molar-refractivity contribution in [3.63, 3.8) is 0 Å². The van der Waals surface area contributed by atoms with Gasteiger partial charge in [-0.3, -0.25) is 18.6 Å². The minimum Gasteiger partial charge on any atom is -0.462 e. The topological polar surface area (TPSA) is 108 Å². The van der Waals surface area contributed by atoms with Gasteiger partial charge < -0.3 is 18.9 Å². The van der Waals surface area contributed by atoms with Crippen molar-refractivity contribution in [1.82, 2.24) is 0 Å². The lowest BCUT2D eigenvalue weighted by Gasteiger charge is -2.24. The molecule has 9 nitrogen and oxygen atoms in total. The molecule has 0 spiro atoms. The molecule has 2 unspecified atom stereocenters. The fourth-order valence-corrected chi connectivity index (χ4v) is 13.3. The molecule has 0 aliphatic rings. The Hall–Kier alpha value is -2.03. The molecule has 10 heteroatoms. The van der Waals surface area contributed by atoms with Gasteiger partial charge in [0.2, 0.25) is 0 Å². The van der Waals surface area contributed by atoms with Crippen molar-refractivity contribution < 1.29 is 42.1 Å². The van der Waals surface area contributed by atoms with Crippen LogP contribution in [0.4, 0.5) is 0 Å². The molecule has 0 radical (unpaired) electrons. The van der Waals surface area contributed by atoms with E-state index in [9.17, 15) is 19.0 Å². The number of carbonyl (C=O) groups is 2. The van der Waals surface area contributed by atoms with E-state index in [-0.39, 0.29) is 25.6 Å². The molecule has 0 aromatic heterocycles. The predicted molar refractivity (Wildman–Crippen MR) is 409 cm³/mol. The van der Waals surface area contributed by atoms with Gasteiger partial charge in [0.05, 0.1) is 27.7 Å². The third-order valence-corrected chi connectivity index (χ3v) is 19.9. The van der Waals surface area contributed by atoms with Gasteiger partial charge in [-0.05, 0) is 51.4 Å². The highest BCUT2D eigenvalue weighted by Gasteiger charge is 2.27. The summed E-state index contributed by atoms with van der Waals surface area (Å²) in [5.41, 5.74) is 0. The molecule has 0 aliphatic heterocycles. The predicted octanol–water partition coefficient (Wildman–Crippen LogP) is 27.5.